The molecule has 2 N–H and O–H groups in total. The summed E-state index contributed by atoms with van der Waals surface area (Å²) in [6.07, 6.45) is 1.40. The summed E-state index contributed by atoms with van der Waals surface area (Å²) in [5, 5.41) is 11.8. The van der Waals surface area contributed by atoms with Gasteiger partial charge in [-0.1, -0.05) is 0 Å². The van der Waals surface area contributed by atoms with Crippen molar-refractivity contribution in [1.29, 1.82) is 0 Å². The van der Waals surface area contributed by atoms with E-state index in [-0.39, 0.29) is 12.5 Å². The van der Waals surface area contributed by atoms with Crippen LogP contribution in [0.5, 0.6) is 0 Å². The number of nitrogens with one attached hydrogen (secondary N) is 1. The van der Waals surface area contributed by atoms with E-state index < -0.39 is 5.97 Å². The number of rotatable bonds is 4. The fraction of sp³-hybridized carbons (Fsp3) is 0.875. The third kappa shape index (κ3) is 3.45. The van der Waals surface area contributed by atoms with Gasteiger partial charge in [0.1, 0.15) is 0 Å². The lowest BCUT2D eigenvalue weighted by molar-refractivity contribution is -0.137. The molecule has 2 atom stereocenters. The van der Waals surface area contributed by atoms with Crippen LogP contribution < -0.4 is 5.32 Å². The molecule has 0 aromatic rings. The molecule has 2 unspecified atom stereocenters. The molecule has 1 heterocycles. The van der Waals surface area contributed by atoms with E-state index >= 15 is 0 Å². The van der Waals surface area contributed by atoms with Gasteiger partial charge in [-0.25, -0.2) is 0 Å². The van der Waals surface area contributed by atoms with E-state index in [1.807, 2.05) is 18.7 Å². The molecular formula is C8H15NO2S. The van der Waals surface area contributed by atoms with Crippen molar-refractivity contribution in [3.8, 4) is 0 Å². The van der Waals surface area contributed by atoms with Gasteiger partial charge in [-0.2, -0.15) is 11.8 Å². The molecule has 0 amide bonds. The summed E-state index contributed by atoms with van der Waals surface area (Å²) in [6.45, 7) is 1.93. The molecule has 1 saturated heterocycles. The Labute approximate surface area is 76.9 Å². The Morgan fingerprint density at radius 3 is 3.08 bits per heavy atom. The predicted octanol–water partition coefficient (Wildman–Crippen LogP) is 0.945. The van der Waals surface area contributed by atoms with Gasteiger partial charge < -0.3 is 10.4 Å². The summed E-state index contributed by atoms with van der Waals surface area (Å²) < 4.78 is 0. The Hall–Kier alpha value is -0.220. The topological polar surface area (TPSA) is 49.3 Å². The number of carbonyl (C=O) groups is 1. The molecule has 1 fully saturated rings. The zero-order valence-corrected chi connectivity index (χ0v) is 8.06. The standard InChI is InChI=1S/C8H15NO2S/c1-6(4-8(10)11)9-7-2-3-12-5-7/h6-7,9H,2-5H2,1H3,(H,10,11). The van der Waals surface area contributed by atoms with Crippen molar-refractivity contribution in [2.24, 2.45) is 0 Å². The van der Waals surface area contributed by atoms with Gasteiger partial charge in [-0.15, -0.1) is 0 Å². The highest BCUT2D eigenvalue weighted by Gasteiger charge is 2.18. The quantitative estimate of drug-likeness (QED) is 0.691. The Kier molecular flexibility index (Phi) is 3.88. The molecule has 0 aliphatic carbocycles. The van der Waals surface area contributed by atoms with Crippen molar-refractivity contribution >= 4 is 17.7 Å². The number of hydrogen-bond donors (Lipinski definition) is 2. The second kappa shape index (κ2) is 4.72. The molecule has 1 rings (SSSR count). The van der Waals surface area contributed by atoms with Crippen LogP contribution in [0.2, 0.25) is 0 Å². The third-order valence-electron chi connectivity index (χ3n) is 1.93. The van der Waals surface area contributed by atoms with E-state index in [1.165, 1.54) is 12.2 Å². The summed E-state index contributed by atoms with van der Waals surface area (Å²) >= 11 is 1.93. The maximum Gasteiger partial charge on any atom is 0.304 e. The number of carboxylic acids is 1. The summed E-state index contributed by atoms with van der Waals surface area (Å²) in [5.41, 5.74) is 0. The molecule has 0 aromatic heterocycles. The number of hydrogen-bond acceptors (Lipinski definition) is 3. The minimum absolute atomic E-state index is 0.103. The Morgan fingerprint density at radius 2 is 2.58 bits per heavy atom. The van der Waals surface area contributed by atoms with Crippen molar-refractivity contribution in [1.82, 2.24) is 5.32 Å². The average Bonchev–Trinajstić information content (AvgIpc) is 2.37. The van der Waals surface area contributed by atoms with E-state index in [1.54, 1.807) is 0 Å². The van der Waals surface area contributed by atoms with Crippen LogP contribution in [-0.4, -0.2) is 34.7 Å². The third-order valence-corrected chi connectivity index (χ3v) is 3.09. The maximum absolute atomic E-state index is 10.3. The lowest BCUT2D eigenvalue weighted by atomic mass is 10.2. The maximum atomic E-state index is 10.3. The van der Waals surface area contributed by atoms with Gasteiger partial charge >= 0.3 is 5.97 Å². The van der Waals surface area contributed by atoms with E-state index in [2.05, 4.69) is 5.32 Å². The van der Waals surface area contributed by atoms with Crippen LogP contribution in [0, 0.1) is 0 Å². The molecule has 0 bridgehead atoms. The highest BCUT2D eigenvalue weighted by molar-refractivity contribution is 7.99. The molecule has 0 aromatic carbocycles. The van der Waals surface area contributed by atoms with Crippen molar-refractivity contribution in [3.63, 3.8) is 0 Å². The average molecular weight is 189 g/mol. The van der Waals surface area contributed by atoms with Crippen molar-refractivity contribution in [3.05, 3.63) is 0 Å². The van der Waals surface area contributed by atoms with Crippen molar-refractivity contribution in [2.75, 3.05) is 11.5 Å². The number of aliphatic carboxylic acids is 1. The smallest absolute Gasteiger partial charge is 0.304 e. The number of carboxylic acid groups (broad SMARTS) is 1. The first kappa shape index (κ1) is 9.86. The molecule has 3 nitrogen and oxygen atoms in total. The normalized spacial score (nSPS) is 25.6. The predicted molar refractivity (Wildman–Crippen MR) is 50.6 cm³/mol. The SMILES string of the molecule is CC(CC(=O)O)NC1CCSC1. The van der Waals surface area contributed by atoms with Crippen LogP contribution >= 0.6 is 11.8 Å². The fourth-order valence-electron chi connectivity index (χ4n) is 1.39. The molecule has 0 spiro atoms. The largest absolute Gasteiger partial charge is 0.481 e. The van der Waals surface area contributed by atoms with E-state index in [4.69, 9.17) is 5.11 Å². The molecular weight excluding hydrogens is 174 g/mol. The van der Waals surface area contributed by atoms with E-state index in [0.717, 1.165) is 5.75 Å². The highest BCUT2D eigenvalue weighted by Crippen LogP contribution is 2.17. The molecule has 70 valence electrons. The Bertz CT molecular complexity index is 157. The summed E-state index contributed by atoms with van der Waals surface area (Å²) in [7, 11) is 0. The van der Waals surface area contributed by atoms with Gasteiger partial charge in [0.25, 0.3) is 0 Å². The first-order valence-corrected chi connectivity index (χ1v) is 5.39. The van der Waals surface area contributed by atoms with Crippen LogP contribution in [0.1, 0.15) is 19.8 Å². The molecule has 1 aliphatic heterocycles. The zero-order valence-electron chi connectivity index (χ0n) is 7.25. The van der Waals surface area contributed by atoms with Crippen LogP contribution in [-0.2, 0) is 4.79 Å². The second-order valence-corrected chi connectivity index (χ2v) is 4.38. The van der Waals surface area contributed by atoms with Gasteiger partial charge in [0.15, 0.2) is 0 Å². The Morgan fingerprint density at radius 1 is 1.83 bits per heavy atom. The van der Waals surface area contributed by atoms with Crippen LogP contribution in [0.15, 0.2) is 0 Å². The summed E-state index contributed by atoms with van der Waals surface area (Å²) in [6, 6.07) is 0.635. The van der Waals surface area contributed by atoms with Gasteiger partial charge in [-0.3, -0.25) is 4.79 Å². The lowest BCUT2D eigenvalue weighted by Gasteiger charge is -2.16. The van der Waals surface area contributed by atoms with Gasteiger partial charge in [0.2, 0.25) is 0 Å². The fourth-order valence-corrected chi connectivity index (χ4v) is 2.55. The summed E-state index contributed by atoms with van der Waals surface area (Å²) in [5.74, 6) is 1.61. The second-order valence-electron chi connectivity index (χ2n) is 3.23. The monoisotopic (exact) mass is 189 g/mol. The molecule has 0 saturated carbocycles. The van der Waals surface area contributed by atoms with Gasteiger partial charge in [-0.05, 0) is 19.1 Å². The van der Waals surface area contributed by atoms with Gasteiger partial charge in [0, 0.05) is 17.8 Å². The van der Waals surface area contributed by atoms with E-state index in [9.17, 15) is 4.79 Å². The van der Waals surface area contributed by atoms with Crippen molar-refractivity contribution < 1.29 is 9.90 Å². The van der Waals surface area contributed by atoms with Gasteiger partial charge in [0.05, 0.1) is 6.42 Å². The zero-order chi connectivity index (χ0) is 8.97. The lowest BCUT2D eigenvalue weighted by Crippen LogP contribution is -2.37. The molecule has 12 heavy (non-hydrogen) atoms. The van der Waals surface area contributed by atoms with Crippen molar-refractivity contribution in [2.45, 2.75) is 31.8 Å². The molecule has 0 radical (unpaired) electrons. The highest BCUT2D eigenvalue weighted by atomic mass is 32.2. The van der Waals surface area contributed by atoms with E-state index in [0.29, 0.717) is 6.04 Å². The minimum Gasteiger partial charge on any atom is -0.481 e. The van der Waals surface area contributed by atoms with Crippen LogP contribution in [0.4, 0.5) is 0 Å². The molecule has 4 heteroatoms. The van der Waals surface area contributed by atoms with Crippen LogP contribution in [0.3, 0.4) is 0 Å². The first-order chi connectivity index (χ1) is 5.68. The van der Waals surface area contributed by atoms with Crippen LogP contribution in [0.25, 0.3) is 0 Å². The Balaban J connectivity index is 2.16. The summed E-state index contributed by atoms with van der Waals surface area (Å²) in [4.78, 5) is 10.3. The minimum atomic E-state index is -0.722. The first-order valence-electron chi connectivity index (χ1n) is 4.24. The number of thioether (sulfide) groups is 1. The molecule has 1 aliphatic rings.